The standard InChI is InChI=1S/C16H26N2O3/c1-11-13(19)17-16(7-4-5-8-16)14(20)18(11)12-6-9-21-15(2,3)10-12/h11-12H,4-10H2,1-3H3,(H,17,19). The highest BCUT2D eigenvalue weighted by molar-refractivity contribution is 6.00. The van der Waals surface area contributed by atoms with Gasteiger partial charge in [-0.05, 0) is 46.5 Å². The van der Waals surface area contributed by atoms with Gasteiger partial charge in [-0.25, -0.2) is 0 Å². The van der Waals surface area contributed by atoms with Crippen LogP contribution in [0.3, 0.4) is 0 Å². The van der Waals surface area contributed by atoms with Crippen LogP contribution in [-0.2, 0) is 14.3 Å². The number of rotatable bonds is 1. The van der Waals surface area contributed by atoms with Gasteiger partial charge < -0.3 is 15.0 Å². The minimum Gasteiger partial charge on any atom is -0.375 e. The number of carbonyl (C=O) groups is 2. The Morgan fingerprint density at radius 1 is 1.24 bits per heavy atom. The largest absolute Gasteiger partial charge is 0.375 e. The van der Waals surface area contributed by atoms with E-state index in [1.54, 1.807) is 0 Å². The van der Waals surface area contributed by atoms with Crippen LogP contribution < -0.4 is 5.32 Å². The Bertz CT molecular complexity index is 454. The third kappa shape index (κ3) is 2.45. The lowest BCUT2D eigenvalue weighted by molar-refractivity contribution is -0.163. The van der Waals surface area contributed by atoms with Crippen molar-refractivity contribution in [1.29, 1.82) is 0 Å². The van der Waals surface area contributed by atoms with E-state index in [4.69, 9.17) is 4.74 Å². The normalized spacial score (nSPS) is 35.1. The predicted octanol–water partition coefficient (Wildman–Crippen LogP) is 1.60. The van der Waals surface area contributed by atoms with Crippen LogP contribution in [0.4, 0.5) is 0 Å². The van der Waals surface area contributed by atoms with Crippen molar-refractivity contribution in [2.75, 3.05) is 6.61 Å². The Morgan fingerprint density at radius 3 is 2.52 bits per heavy atom. The molecule has 2 aliphatic heterocycles. The first-order chi connectivity index (χ1) is 9.85. The lowest BCUT2D eigenvalue weighted by atomic mass is 9.86. The van der Waals surface area contributed by atoms with Gasteiger partial charge in [0.15, 0.2) is 0 Å². The first-order valence-corrected chi connectivity index (χ1v) is 8.13. The molecule has 0 aromatic rings. The second-order valence-electron chi connectivity index (χ2n) is 7.42. The number of hydrogen-bond acceptors (Lipinski definition) is 3. The van der Waals surface area contributed by atoms with Gasteiger partial charge in [-0.2, -0.15) is 0 Å². The second-order valence-corrected chi connectivity index (χ2v) is 7.42. The van der Waals surface area contributed by atoms with Crippen LogP contribution in [0.25, 0.3) is 0 Å². The quantitative estimate of drug-likeness (QED) is 0.799. The summed E-state index contributed by atoms with van der Waals surface area (Å²) in [5.74, 6) is 0.135. The molecular formula is C16H26N2O3. The van der Waals surface area contributed by atoms with E-state index in [1.165, 1.54) is 0 Å². The smallest absolute Gasteiger partial charge is 0.249 e. The Morgan fingerprint density at radius 2 is 1.90 bits per heavy atom. The van der Waals surface area contributed by atoms with Crippen molar-refractivity contribution in [3.63, 3.8) is 0 Å². The molecule has 2 amide bonds. The van der Waals surface area contributed by atoms with Crippen molar-refractivity contribution in [2.24, 2.45) is 0 Å². The van der Waals surface area contributed by atoms with Crippen LogP contribution in [0.2, 0.25) is 0 Å². The van der Waals surface area contributed by atoms with Crippen LogP contribution in [0.15, 0.2) is 0 Å². The van der Waals surface area contributed by atoms with E-state index < -0.39 is 5.54 Å². The molecule has 1 spiro atoms. The van der Waals surface area contributed by atoms with E-state index in [9.17, 15) is 9.59 Å². The summed E-state index contributed by atoms with van der Waals surface area (Å²) in [6.07, 6.45) is 5.23. The minimum absolute atomic E-state index is 0.000739. The highest BCUT2D eigenvalue weighted by Gasteiger charge is 2.53. The van der Waals surface area contributed by atoms with Gasteiger partial charge in [0.25, 0.3) is 0 Å². The van der Waals surface area contributed by atoms with Crippen molar-refractivity contribution in [1.82, 2.24) is 10.2 Å². The van der Waals surface area contributed by atoms with Crippen LogP contribution in [0, 0.1) is 0 Å². The fourth-order valence-corrected chi connectivity index (χ4v) is 4.18. The maximum absolute atomic E-state index is 13.1. The molecule has 2 saturated heterocycles. The fraction of sp³-hybridized carbons (Fsp3) is 0.875. The first kappa shape index (κ1) is 14.8. The molecule has 2 unspecified atom stereocenters. The average molecular weight is 294 g/mol. The summed E-state index contributed by atoms with van der Waals surface area (Å²) in [4.78, 5) is 27.3. The lowest BCUT2D eigenvalue weighted by Gasteiger charge is -2.49. The number of amides is 2. The van der Waals surface area contributed by atoms with E-state index in [1.807, 2.05) is 11.8 Å². The molecule has 5 heteroatoms. The van der Waals surface area contributed by atoms with E-state index in [2.05, 4.69) is 19.2 Å². The fourth-order valence-electron chi connectivity index (χ4n) is 4.18. The summed E-state index contributed by atoms with van der Waals surface area (Å²) in [6, 6.07) is -0.262. The number of piperazine rings is 1. The molecule has 2 heterocycles. The van der Waals surface area contributed by atoms with Crippen molar-refractivity contribution >= 4 is 11.8 Å². The average Bonchev–Trinajstić information content (AvgIpc) is 2.85. The molecule has 1 saturated carbocycles. The number of hydrogen-bond donors (Lipinski definition) is 1. The highest BCUT2D eigenvalue weighted by atomic mass is 16.5. The van der Waals surface area contributed by atoms with Crippen LogP contribution in [0.5, 0.6) is 0 Å². The summed E-state index contributed by atoms with van der Waals surface area (Å²) in [5.41, 5.74) is -0.842. The van der Waals surface area contributed by atoms with Gasteiger partial charge in [0.1, 0.15) is 11.6 Å². The van der Waals surface area contributed by atoms with Crippen LogP contribution in [-0.4, -0.2) is 46.5 Å². The monoisotopic (exact) mass is 294 g/mol. The summed E-state index contributed by atoms with van der Waals surface area (Å²) >= 11 is 0. The number of ether oxygens (including phenoxy) is 1. The Labute approximate surface area is 126 Å². The van der Waals surface area contributed by atoms with Gasteiger partial charge in [0.05, 0.1) is 5.60 Å². The van der Waals surface area contributed by atoms with Gasteiger partial charge in [-0.3, -0.25) is 9.59 Å². The summed E-state index contributed by atoms with van der Waals surface area (Å²) in [5, 5.41) is 3.02. The van der Waals surface area contributed by atoms with Crippen molar-refractivity contribution in [2.45, 2.75) is 82.5 Å². The first-order valence-electron chi connectivity index (χ1n) is 8.13. The summed E-state index contributed by atoms with van der Waals surface area (Å²) in [7, 11) is 0. The SMILES string of the molecule is CC1C(=O)NC2(CCCC2)C(=O)N1C1CCOC(C)(C)C1. The van der Waals surface area contributed by atoms with Crippen LogP contribution in [0.1, 0.15) is 59.3 Å². The molecule has 2 atom stereocenters. The Hall–Kier alpha value is -1.10. The Kier molecular flexibility index (Phi) is 3.51. The molecule has 3 aliphatic rings. The zero-order valence-corrected chi connectivity index (χ0v) is 13.3. The van der Waals surface area contributed by atoms with Gasteiger partial charge in [-0.1, -0.05) is 12.8 Å². The molecular weight excluding hydrogens is 268 g/mol. The van der Waals surface area contributed by atoms with E-state index >= 15 is 0 Å². The molecule has 5 nitrogen and oxygen atoms in total. The molecule has 1 N–H and O–H groups in total. The Balaban J connectivity index is 1.87. The van der Waals surface area contributed by atoms with Crippen LogP contribution >= 0.6 is 0 Å². The van der Waals surface area contributed by atoms with Gasteiger partial charge >= 0.3 is 0 Å². The second kappa shape index (κ2) is 4.97. The number of nitrogens with one attached hydrogen (secondary N) is 1. The highest BCUT2D eigenvalue weighted by Crippen LogP contribution is 2.38. The summed E-state index contributed by atoms with van der Waals surface area (Å²) < 4.78 is 5.76. The predicted molar refractivity (Wildman–Crippen MR) is 78.7 cm³/mol. The maximum atomic E-state index is 13.1. The zero-order chi connectivity index (χ0) is 15.3. The van der Waals surface area contributed by atoms with Gasteiger partial charge in [-0.15, -0.1) is 0 Å². The van der Waals surface area contributed by atoms with Crippen molar-refractivity contribution < 1.29 is 14.3 Å². The summed E-state index contributed by atoms with van der Waals surface area (Å²) in [6.45, 7) is 6.62. The molecule has 118 valence electrons. The van der Waals surface area contributed by atoms with Gasteiger partial charge in [0.2, 0.25) is 11.8 Å². The van der Waals surface area contributed by atoms with E-state index in [-0.39, 0.29) is 29.5 Å². The molecule has 1 aliphatic carbocycles. The van der Waals surface area contributed by atoms with Gasteiger partial charge in [0, 0.05) is 12.6 Å². The molecule has 21 heavy (non-hydrogen) atoms. The third-order valence-electron chi connectivity index (χ3n) is 5.32. The van der Waals surface area contributed by atoms with Crippen molar-refractivity contribution in [3.8, 4) is 0 Å². The van der Waals surface area contributed by atoms with E-state index in [0.717, 1.165) is 38.5 Å². The molecule has 3 fully saturated rings. The third-order valence-corrected chi connectivity index (χ3v) is 5.32. The number of carbonyl (C=O) groups excluding carboxylic acids is 2. The molecule has 0 aromatic carbocycles. The minimum atomic E-state index is -0.619. The maximum Gasteiger partial charge on any atom is 0.249 e. The van der Waals surface area contributed by atoms with Crippen molar-refractivity contribution in [3.05, 3.63) is 0 Å². The molecule has 0 radical (unpaired) electrons. The zero-order valence-electron chi connectivity index (χ0n) is 13.3. The lowest BCUT2D eigenvalue weighted by Crippen LogP contribution is -2.71. The van der Waals surface area contributed by atoms with E-state index in [0.29, 0.717) is 6.61 Å². The number of nitrogens with zero attached hydrogens (tertiary/aromatic N) is 1. The molecule has 0 aromatic heterocycles. The topological polar surface area (TPSA) is 58.6 Å². The molecule has 3 rings (SSSR count). The molecule has 0 bridgehead atoms.